The number of fused-ring (bicyclic) bond motifs is 1. The minimum Gasteiger partial charge on any atom is -0.493 e. The molecule has 6 heteroatoms. The number of imidazole rings is 1. The molecule has 2 aromatic carbocycles. The Bertz CT molecular complexity index is 979. The van der Waals surface area contributed by atoms with E-state index in [1.807, 2.05) is 64.6 Å². The highest BCUT2D eigenvalue weighted by Gasteiger charge is 2.10. The molecular weight excluding hydrogens is 400 g/mol. The van der Waals surface area contributed by atoms with Crippen LogP contribution in [0.15, 0.2) is 64.7 Å². The van der Waals surface area contributed by atoms with Gasteiger partial charge in [-0.25, -0.2) is 4.98 Å². The van der Waals surface area contributed by atoms with Crippen LogP contribution in [0.2, 0.25) is 0 Å². The number of methoxy groups -OCH3 is 1. The number of halogens is 1. The zero-order chi connectivity index (χ0) is 17.2. The van der Waals surface area contributed by atoms with Crippen LogP contribution in [0.3, 0.4) is 0 Å². The van der Waals surface area contributed by atoms with Crippen molar-refractivity contribution in [2.45, 2.75) is 6.61 Å². The normalized spacial score (nSPS) is 11.0. The lowest BCUT2D eigenvalue weighted by molar-refractivity contribution is 0.284. The molecule has 2 aromatic heterocycles. The molecule has 126 valence electrons. The summed E-state index contributed by atoms with van der Waals surface area (Å²) in [4.78, 5) is 5.61. The van der Waals surface area contributed by atoms with E-state index >= 15 is 0 Å². The van der Waals surface area contributed by atoms with Gasteiger partial charge < -0.3 is 9.47 Å². The van der Waals surface area contributed by atoms with Crippen molar-refractivity contribution in [2.75, 3.05) is 7.11 Å². The number of rotatable bonds is 5. The van der Waals surface area contributed by atoms with Gasteiger partial charge in [-0.05, 0) is 35.9 Å². The van der Waals surface area contributed by atoms with Crippen LogP contribution in [0.1, 0.15) is 5.56 Å². The molecule has 0 spiro atoms. The topological polar surface area (TPSA) is 35.8 Å². The lowest BCUT2D eigenvalue weighted by Gasteiger charge is -2.12. The Labute approximate surface area is 157 Å². The fourth-order valence-corrected chi connectivity index (χ4v) is 3.52. The fourth-order valence-electron chi connectivity index (χ4n) is 2.55. The van der Waals surface area contributed by atoms with E-state index in [2.05, 4.69) is 20.9 Å². The van der Waals surface area contributed by atoms with Crippen molar-refractivity contribution in [1.82, 2.24) is 9.38 Å². The zero-order valence-electron chi connectivity index (χ0n) is 13.5. The van der Waals surface area contributed by atoms with E-state index in [0.717, 1.165) is 32.0 Å². The third-order valence-electron chi connectivity index (χ3n) is 3.86. The first-order valence-electron chi connectivity index (χ1n) is 7.71. The quantitative estimate of drug-likeness (QED) is 0.437. The van der Waals surface area contributed by atoms with Gasteiger partial charge in [0.1, 0.15) is 6.61 Å². The Morgan fingerprint density at radius 2 is 1.96 bits per heavy atom. The number of benzene rings is 2. The van der Waals surface area contributed by atoms with Crippen LogP contribution in [-0.2, 0) is 6.61 Å². The van der Waals surface area contributed by atoms with E-state index in [9.17, 15) is 0 Å². The van der Waals surface area contributed by atoms with Gasteiger partial charge in [-0.15, -0.1) is 11.3 Å². The minimum atomic E-state index is 0.489. The third-order valence-corrected chi connectivity index (χ3v) is 5.16. The summed E-state index contributed by atoms with van der Waals surface area (Å²) < 4.78 is 14.5. The summed E-state index contributed by atoms with van der Waals surface area (Å²) in [5.41, 5.74) is 3.03. The molecule has 4 nitrogen and oxygen atoms in total. The molecule has 0 aliphatic heterocycles. The van der Waals surface area contributed by atoms with Crippen LogP contribution in [0.4, 0.5) is 0 Å². The summed E-state index contributed by atoms with van der Waals surface area (Å²) in [5.74, 6) is 1.42. The predicted octanol–water partition coefficient (Wildman–Crippen LogP) is 5.41. The molecule has 0 saturated heterocycles. The summed E-state index contributed by atoms with van der Waals surface area (Å²) in [6.07, 6.45) is 4.02. The molecule has 0 aliphatic rings. The Balaban J connectivity index is 1.56. The van der Waals surface area contributed by atoms with Gasteiger partial charge in [0.25, 0.3) is 0 Å². The van der Waals surface area contributed by atoms with E-state index < -0.39 is 0 Å². The van der Waals surface area contributed by atoms with Crippen LogP contribution in [-0.4, -0.2) is 16.5 Å². The second-order valence-electron chi connectivity index (χ2n) is 5.50. The zero-order valence-corrected chi connectivity index (χ0v) is 15.9. The Hall–Kier alpha value is -2.31. The molecule has 0 fully saturated rings. The number of hydrogen-bond donors (Lipinski definition) is 0. The number of nitrogens with zero attached hydrogens (tertiary/aromatic N) is 2. The van der Waals surface area contributed by atoms with Gasteiger partial charge in [-0.1, -0.05) is 28.1 Å². The van der Waals surface area contributed by atoms with E-state index in [1.165, 1.54) is 0 Å². The summed E-state index contributed by atoms with van der Waals surface area (Å²) in [6.45, 7) is 0.489. The standard InChI is InChI=1S/C19H15BrN2O2S/c1-23-18-10-14(16-11-22-8-9-25-19(22)21-16)4-7-17(18)24-12-13-2-5-15(20)6-3-13/h2-11H,12H2,1H3. The Morgan fingerprint density at radius 3 is 2.72 bits per heavy atom. The van der Waals surface area contributed by atoms with Crippen LogP contribution < -0.4 is 9.47 Å². The van der Waals surface area contributed by atoms with Crippen molar-refractivity contribution >= 4 is 32.2 Å². The summed E-state index contributed by atoms with van der Waals surface area (Å²) in [5, 5.41) is 2.02. The lowest BCUT2D eigenvalue weighted by atomic mass is 10.1. The molecule has 0 amide bonds. The predicted molar refractivity (Wildman–Crippen MR) is 104 cm³/mol. The Morgan fingerprint density at radius 1 is 1.12 bits per heavy atom. The van der Waals surface area contributed by atoms with Crippen LogP contribution in [0, 0.1) is 0 Å². The summed E-state index contributed by atoms with van der Waals surface area (Å²) in [7, 11) is 1.65. The van der Waals surface area contributed by atoms with Crippen molar-refractivity contribution in [2.24, 2.45) is 0 Å². The number of aromatic nitrogens is 2. The maximum absolute atomic E-state index is 5.92. The van der Waals surface area contributed by atoms with Crippen molar-refractivity contribution in [3.05, 3.63) is 70.3 Å². The molecule has 0 aliphatic carbocycles. The average Bonchev–Trinajstić information content (AvgIpc) is 3.23. The largest absolute Gasteiger partial charge is 0.493 e. The summed E-state index contributed by atoms with van der Waals surface area (Å²) >= 11 is 5.05. The van der Waals surface area contributed by atoms with Gasteiger partial charge in [0.05, 0.1) is 12.8 Å². The van der Waals surface area contributed by atoms with Crippen molar-refractivity contribution in [3.63, 3.8) is 0 Å². The first-order valence-corrected chi connectivity index (χ1v) is 9.38. The van der Waals surface area contributed by atoms with Crippen LogP contribution in [0.5, 0.6) is 11.5 Å². The third kappa shape index (κ3) is 3.41. The summed E-state index contributed by atoms with van der Waals surface area (Å²) in [6, 6.07) is 14.0. The molecular formula is C19H15BrN2O2S. The second-order valence-corrected chi connectivity index (χ2v) is 7.29. The smallest absolute Gasteiger partial charge is 0.194 e. The number of ether oxygens (including phenoxy) is 2. The van der Waals surface area contributed by atoms with E-state index in [4.69, 9.17) is 9.47 Å². The molecule has 0 N–H and O–H groups in total. The van der Waals surface area contributed by atoms with Gasteiger partial charge in [0, 0.05) is 27.8 Å². The van der Waals surface area contributed by atoms with Crippen molar-refractivity contribution < 1.29 is 9.47 Å². The number of thiazole rings is 1. The highest BCUT2D eigenvalue weighted by atomic mass is 79.9. The molecule has 4 aromatic rings. The SMILES string of the molecule is COc1cc(-c2cn3ccsc3n2)ccc1OCc1ccc(Br)cc1. The van der Waals surface area contributed by atoms with Crippen molar-refractivity contribution in [1.29, 1.82) is 0 Å². The maximum atomic E-state index is 5.92. The molecule has 0 saturated carbocycles. The first kappa shape index (κ1) is 16.2. The van der Waals surface area contributed by atoms with Gasteiger partial charge in [-0.3, -0.25) is 4.40 Å². The maximum Gasteiger partial charge on any atom is 0.194 e. The molecule has 0 bridgehead atoms. The molecule has 0 radical (unpaired) electrons. The molecule has 0 atom stereocenters. The number of hydrogen-bond acceptors (Lipinski definition) is 4. The molecule has 25 heavy (non-hydrogen) atoms. The van der Waals surface area contributed by atoms with Gasteiger partial charge in [0.15, 0.2) is 16.5 Å². The average molecular weight is 415 g/mol. The Kier molecular flexibility index (Phi) is 4.46. The van der Waals surface area contributed by atoms with E-state index in [-0.39, 0.29) is 0 Å². The highest BCUT2D eigenvalue weighted by molar-refractivity contribution is 9.10. The monoisotopic (exact) mass is 414 g/mol. The lowest BCUT2D eigenvalue weighted by Crippen LogP contribution is -1.98. The second kappa shape index (κ2) is 6.90. The fraction of sp³-hybridized carbons (Fsp3) is 0.105. The molecule has 2 heterocycles. The van der Waals surface area contributed by atoms with Crippen LogP contribution in [0.25, 0.3) is 16.2 Å². The van der Waals surface area contributed by atoms with Gasteiger partial charge in [-0.2, -0.15) is 0 Å². The first-order chi connectivity index (χ1) is 12.2. The van der Waals surface area contributed by atoms with Crippen LogP contribution >= 0.6 is 27.3 Å². The van der Waals surface area contributed by atoms with Crippen molar-refractivity contribution in [3.8, 4) is 22.8 Å². The van der Waals surface area contributed by atoms with Gasteiger partial charge in [0.2, 0.25) is 0 Å². The van der Waals surface area contributed by atoms with E-state index in [1.54, 1.807) is 18.4 Å². The minimum absolute atomic E-state index is 0.489. The molecule has 4 rings (SSSR count). The highest BCUT2D eigenvalue weighted by Crippen LogP contribution is 2.33. The molecule has 0 unspecified atom stereocenters. The van der Waals surface area contributed by atoms with Gasteiger partial charge >= 0.3 is 0 Å². The van der Waals surface area contributed by atoms with E-state index in [0.29, 0.717) is 12.4 Å².